The summed E-state index contributed by atoms with van der Waals surface area (Å²) in [4.78, 5) is 10.9. The number of aliphatic carboxylic acids is 1. The van der Waals surface area contributed by atoms with E-state index in [2.05, 4.69) is 6.07 Å². The highest BCUT2D eigenvalue weighted by molar-refractivity contribution is 5.98. The van der Waals surface area contributed by atoms with Crippen LogP contribution in [0.3, 0.4) is 0 Å². The van der Waals surface area contributed by atoms with Gasteiger partial charge in [0.05, 0.1) is 18.1 Å². The highest BCUT2D eigenvalue weighted by Crippen LogP contribution is 2.35. The van der Waals surface area contributed by atoms with Gasteiger partial charge in [0.1, 0.15) is 0 Å². The highest BCUT2D eigenvalue weighted by atomic mass is 16.4. The van der Waals surface area contributed by atoms with Crippen molar-refractivity contribution in [3.8, 4) is 17.2 Å². The second-order valence-electron chi connectivity index (χ2n) is 5.74. The minimum absolute atomic E-state index is 0.0408. The zero-order valence-electron chi connectivity index (χ0n) is 13.3. The Kier molecular flexibility index (Phi) is 3.97. The fraction of sp³-hybridized carbons (Fsp3) is 0.158. The number of nitrogens with zero attached hydrogens (tertiary/aromatic N) is 2. The Bertz CT molecular complexity index is 980. The number of carboxylic acids is 1. The molecule has 0 fully saturated rings. The summed E-state index contributed by atoms with van der Waals surface area (Å²) < 4.78 is 1.92. The van der Waals surface area contributed by atoms with Gasteiger partial charge in [0.2, 0.25) is 0 Å². The van der Waals surface area contributed by atoms with Crippen molar-refractivity contribution in [1.29, 1.82) is 5.26 Å². The van der Waals surface area contributed by atoms with Crippen molar-refractivity contribution in [2.24, 2.45) is 0 Å². The van der Waals surface area contributed by atoms with E-state index < -0.39 is 5.97 Å². The van der Waals surface area contributed by atoms with Crippen molar-refractivity contribution >= 4 is 22.6 Å². The molecule has 0 radical (unpaired) electrons. The SMILES string of the molecule is Cc1c(N)cccc1-c1cn(CCC(=O)O)c2ccc(C#N)cc12. The fourth-order valence-corrected chi connectivity index (χ4v) is 2.93. The number of nitrogen functional groups attached to an aromatic ring is 1. The van der Waals surface area contributed by atoms with Crippen LogP contribution in [0.25, 0.3) is 22.0 Å². The van der Waals surface area contributed by atoms with Crippen LogP contribution >= 0.6 is 0 Å². The van der Waals surface area contributed by atoms with Crippen molar-refractivity contribution < 1.29 is 9.90 Å². The Morgan fingerprint density at radius 1 is 1.29 bits per heavy atom. The van der Waals surface area contributed by atoms with Gasteiger partial charge < -0.3 is 15.4 Å². The molecule has 5 heteroatoms. The maximum Gasteiger partial charge on any atom is 0.305 e. The lowest BCUT2D eigenvalue weighted by atomic mass is 9.98. The van der Waals surface area contributed by atoms with Gasteiger partial charge in [0, 0.05) is 34.9 Å². The first kappa shape index (κ1) is 15.6. The van der Waals surface area contributed by atoms with Gasteiger partial charge in [-0.25, -0.2) is 0 Å². The molecule has 24 heavy (non-hydrogen) atoms. The first-order valence-corrected chi connectivity index (χ1v) is 7.61. The van der Waals surface area contributed by atoms with Gasteiger partial charge in [0.25, 0.3) is 0 Å². The van der Waals surface area contributed by atoms with Crippen molar-refractivity contribution in [3.63, 3.8) is 0 Å². The van der Waals surface area contributed by atoms with E-state index in [1.54, 1.807) is 6.07 Å². The molecule has 0 amide bonds. The van der Waals surface area contributed by atoms with E-state index in [-0.39, 0.29) is 6.42 Å². The van der Waals surface area contributed by atoms with Crippen LogP contribution < -0.4 is 5.73 Å². The molecule has 0 spiro atoms. The van der Waals surface area contributed by atoms with Crippen LogP contribution in [-0.4, -0.2) is 15.6 Å². The van der Waals surface area contributed by atoms with Gasteiger partial charge in [-0.15, -0.1) is 0 Å². The number of nitriles is 1. The number of carbonyl (C=O) groups is 1. The van der Waals surface area contributed by atoms with Gasteiger partial charge in [-0.2, -0.15) is 5.26 Å². The third kappa shape index (κ3) is 2.70. The Balaban J connectivity index is 2.24. The Morgan fingerprint density at radius 3 is 2.79 bits per heavy atom. The monoisotopic (exact) mass is 319 g/mol. The zero-order valence-corrected chi connectivity index (χ0v) is 13.3. The number of hydrogen-bond donors (Lipinski definition) is 2. The molecule has 3 N–H and O–H groups in total. The van der Waals surface area contributed by atoms with Crippen LogP contribution in [0.4, 0.5) is 5.69 Å². The van der Waals surface area contributed by atoms with Crippen LogP contribution in [0.15, 0.2) is 42.6 Å². The molecule has 3 rings (SSSR count). The molecule has 3 aromatic rings. The number of hydrogen-bond acceptors (Lipinski definition) is 3. The molecule has 0 unspecified atom stereocenters. The van der Waals surface area contributed by atoms with Crippen molar-refractivity contribution in [3.05, 3.63) is 53.7 Å². The first-order valence-electron chi connectivity index (χ1n) is 7.61. The second kappa shape index (κ2) is 6.09. The number of rotatable bonds is 4. The van der Waals surface area contributed by atoms with Gasteiger partial charge in [0.15, 0.2) is 0 Å². The number of anilines is 1. The summed E-state index contributed by atoms with van der Waals surface area (Å²) in [7, 11) is 0. The van der Waals surface area contributed by atoms with Crippen LogP contribution in [0.2, 0.25) is 0 Å². The van der Waals surface area contributed by atoms with Crippen molar-refractivity contribution in [2.45, 2.75) is 19.9 Å². The van der Waals surface area contributed by atoms with E-state index >= 15 is 0 Å². The Morgan fingerprint density at radius 2 is 2.08 bits per heavy atom. The van der Waals surface area contributed by atoms with Gasteiger partial charge in [-0.1, -0.05) is 12.1 Å². The average Bonchev–Trinajstić information content (AvgIpc) is 2.93. The smallest absolute Gasteiger partial charge is 0.305 e. The average molecular weight is 319 g/mol. The zero-order chi connectivity index (χ0) is 17.3. The van der Waals surface area contributed by atoms with E-state index in [0.29, 0.717) is 17.8 Å². The number of fused-ring (bicyclic) bond motifs is 1. The number of benzene rings is 2. The summed E-state index contributed by atoms with van der Waals surface area (Å²) in [6.07, 6.45) is 1.98. The largest absolute Gasteiger partial charge is 0.481 e. The third-order valence-corrected chi connectivity index (χ3v) is 4.24. The van der Waals surface area contributed by atoms with Crippen LogP contribution in [0.5, 0.6) is 0 Å². The van der Waals surface area contributed by atoms with E-state index in [9.17, 15) is 10.1 Å². The van der Waals surface area contributed by atoms with Crippen molar-refractivity contribution in [2.75, 3.05) is 5.73 Å². The normalized spacial score (nSPS) is 10.7. The lowest BCUT2D eigenvalue weighted by molar-refractivity contribution is -0.137. The Hall–Kier alpha value is -3.26. The summed E-state index contributed by atoms with van der Waals surface area (Å²) in [6.45, 7) is 2.33. The molecule has 0 aliphatic carbocycles. The standard InChI is InChI=1S/C19H17N3O2/c1-12-14(3-2-4-17(12)21)16-11-22(8-7-19(23)24)18-6-5-13(10-20)9-15(16)18/h2-6,9,11H,7-8,21H2,1H3,(H,23,24). The molecule has 0 saturated carbocycles. The molecule has 0 saturated heterocycles. The maximum atomic E-state index is 10.9. The van der Waals surface area contributed by atoms with E-state index in [1.807, 2.05) is 48.0 Å². The topological polar surface area (TPSA) is 92.0 Å². The molecule has 1 heterocycles. The summed E-state index contributed by atoms with van der Waals surface area (Å²) in [5, 5.41) is 19.1. The maximum absolute atomic E-state index is 10.9. The Labute approximate surface area is 139 Å². The van der Waals surface area contributed by atoms with Crippen LogP contribution in [0.1, 0.15) is 17.5 Å². The minimum atomic E-state index is -0.841. The summed E-state index contributed by atoms with van der Waals surface area (Å²) in [5.41, 5.74) is 11.1. The molecular formula is C19H17N3O2. The second-order valence-corrected chi connectivity index (χ2v) is 5.74. The van der Waals surface area contributed by atoms with E-state index in [4.69, 9.17) is 10.8 Å². The lowest BCUT2D eigenvalue weighted by Gasteiger charge is -2.07. The molecule has 5 nitrogen and oxygen atoms in total. The minimum Gasteiger partial charge on any atom is -0.481 e. The molecular weight excluding hydrogens is 302 g/mol. The number of nitrogens with two attached hydrogens (primary N) is 1. The molecule has 1 aromatic heterocycles. The van der Waals surface area contributed by atoms with Gasteiger partial charge in [-0.3, -0.25) is 4.79 Å². The molecule has 0 atom stereocenters. The highest BCUT2D eigenvalue weighted by Gasteiger charge is 2.14. The molecule has 0 aliphatic rings. The number of carboxylic acid groups (broad SMARTS) is 1. The first-order chi connectivity index (χ1) is 11.5. The quantitative estimate of drug-likeness (QED) is 0.719. The summed E-state index contributed by atoms with van der Waals surface area (Å²) in [5.74, 6) is -0.841. The molecule has 120 valence electrons. The van der Waals surface area contributed by atoms with Crippen LogP contribution in [0, 0.1) is 18.3 Å². The summed E-state index contributed by atoms with van der Waals surface area (Å²) in [6, 6.07) is 13.3. The molecule has 0 aliphatic heterocycles. The van der Waals surface area contributed by atoms with E-state index in [1.165, 1.54) is 0 Å². The lowest BCUT2D eigenvalue weighted by Crippen LogP contribution is -2.03. The predicted molar refractivity (Wildman–Crippen MR) is 93.5 cm³/mol. The predicted octanol–water partition coefficient (Wildman–Crippen LogP) is 3.55. The number of aryl methyl sites for hydroxylation is 1. The van der Waals surface area contributed by atoms with Gasteiger partial charge in [-0.05, 0) is 42.3 Å². The third-order valence-electron chi connectivity index (χ3n) is 4.24. The van der Waals surface area contributed by atoms with E-state index in [0.717, 1.165) is 27.6 Å². The van der Waals surface area contributed by atoms with Crippen LogP contribution in [-0.2, 0) is 11.3 Å². The summed E-state index contributed by atoms with van der Waals surface area (Å²) >= 11 is 0. The fourth-order valence-electron chi connectivity index (χ4n) is 2.93. The van der Waals surface area contributed by atoms with Crippen molar-refractivity contribution in [1.82, 2.24) is 4.57 Å². The number of aromatic nitrogens is 1. The molecule has 0 bridgehead atoms. The van der Waals surface area contributed by atoms with Gasteiger partial charge >= 0.3 is 5.97 Å². The molecule has 2 aromatic carbocycles.